The summed E-state index contributed by atoms with van der Waals surface area (Å²) in [5.41, 5.74) is 1.25. The van der Waals surface area contributed by atoms with Crippen LogP contribution in [0.3, 0.4) is 0 Å². The van der Waals surface area contributed by atoms with Gasteiger partial charge in [-0.05, 0) is 26.0 Å². The number of carboxylic acid groups (broad SMARTS) is 1. The Kier molecular flexibility index (Phi) is 4.36. The van der Waals surface area contributed by atoms with Gasteiger partial charge in [0.25, 0.3) is 0 Å². The van der Waals surface area contributed by atoms with Crippen LogP contribution in [-0.2, 0) is 6.61 Å². The monoisotopic (exact) mass is 302 g/mol. The first kappa shape index (κ1) is 15.4. The van der Waals surface area contributed by atoms with Crippen LogP contribution in [-0.4, -0.2) is 32.4 Å². The van der Waals surface area contributed by atoms with E-state index in [-0.39, 0.29) is 29.4 Å². The van der Waals surface area contributed by atoms with Gasteiger partial charge in [-0.3, -0.25) is 9.78 Å². The Hall–Kier alpha value is -2.96. The van der Waals surface area contributed by atoms with Gasteiger partial charge in [-0.1, -0.05) is 0 Å². The molecule has 2 aromatic heterocycles. The summed E-state index contributed by atoms with van der Waals surface area (Å²) in [5.74, 6) is -1.43. The van der Waals surface area contributed by atoms with Gasteiger partial charge in [0.15, 0.2) is 6.29 Å². The summed E-state index contributed by atoms with van der Waals surface area (Å²) in [4.78, 5) is 30.2. The minimum Gasteiger partial charge on any atom is -0.505 e. The number of hydrogen-bond acceptors (Lipinski definition) is 6. The van der Waals surface area contributed by atoms with Crippen molar-refractivity contribution in [3.63, 3.8) is 0 Å². The van der Waals surface area contributed by atoms with Crippen LogP contribution in [0.1, 0.15) is 37.7 Å². The number of aryl methyl sites for hydroxylation is 2. The van der Waals surface area contributed by atoms with Gasteiger partial charge >= 0.3 is 5.97 Å². The van der Waals surface area contributed by atoms with E-state index < -0.39 is 5.97 Å². The molecule has 0 bridgehead atoms. The van der Waals surface area contributed by atoms with Gasteiger partial charge in [0.1, 0.15) is 17.9 Å². The van der Waals surface area contributed by atoms with Crippen molar-refractivity contribution in [3.8, 4) is 11.6 Å². The van der Waals surface area contributed by atoms with Crippen molar-refractivity contribution in [1.29, 1.82) is 0 Å². The second-order valence-electron chi connectivity index (χ2n) is 4.65. The van der Waals surface area contributed by atoms with Crippen molar-refractivity contribution in [1.82, 2.24) is 9.97 Å². The Morgan fingerprint density at radius 3 is 2.73 bits per heavy atom. The van der Waals surface area contributed by atoms with Crippen LogP contribution in [0.4, 0.5) is 0 Å². The summed E-state index contributed by atoms with van der Waals surface area (Å²) in [7, 11) is 0. The predicted octanol–water partition coefficient (Wildman–Crippen LogP) is 1.89. The molecule has 0 amide bonds. The lowest BCUT2D eigenvalue weighted by Crippen LogP contribution is -2.08. The number of aromatic hydroxyl groups is 1. The van der Waals surface area contributed by atoms with Crippen molar-refractivity contribution >= 4 is 12.3 Å². The van der Waals surface area contributed by atoms with Gasteiger partial charge in [-0.25, -0.2) is 9.78 Å². The van der Waals surface area contributed by atoms with Crippen molar-refractivity contribution in [2.45, 2.75) is 20.5 Å². The quantitative estimate of drug-likeness (QED) is 0.811. The number of aromatic carboxylic acids is 1. The minimum absolute atomic E-state index is 0.0515. The number of aromatic nitrogens is 2. The SMILES string of the molecule is Cc1ccc(C(=O)O)c(OCc2cnc(C)c(O)c2C=O)n1. The second-order valence-corrected chi connectivity index (χ2v) is 4.65. The molecule has 2 N–H and O–H groups in total. The third-order valence-electron chi connectivity index (χ3n) is 3.07. The first-order valence-electron chi connectivity index (χ1n) is 6.40. The van der Waals surface area contributed by atoms with Crippen LogP contribution in [0.5, 0.6) is 11.6 Å². The van der Waals surface area contributed by atoms with Gasteiger partial charge in [-0.15, -0.1) is 0 Å². The Bertz CT molecular complexity index is 743. The zero-order chi connectivity index (χ0) is 16.3. The molecule has 7 heteroatoms. The fourth-order valence-corrected chi connectivity index (χ4v) is 1.85. The lowest BCUT2D eigenvalue weighted by atomic mass is 10.1. The van der Waals surface area contributed by atoms with E-state index in [2.05, 4.69) is 9.97 Å². The first-order chi connectivity index (χ1) is 10.4. The lowest BCUT2D eigenvalue weighted by Gasteiger charge is -2.11. The molecule has 2 aromatic rings. The standard InChI is InChI=1S/C15H14N2O5/c1-8-3-4-11(15(20)21)14(17-8)22-7-10-5-16-9(2)13(19)12(10)6-18/h3-6,19H,7H2,1-2H3,(H,20,21). The van der Waals surface area contributed by atoms with E-state index in [0.29, 0.717) is 23.2 Å². The van der Waals surface area contributed by atoms with E-state index >= 15 is 0 Å². The van der Waals surface area contributed by atoms with Gasteiger partial charge in [0.2, 0.25) is 5.88 Å². The molecule has 114 valence electrons. The van der Waals surface area contributed by atoms with Crippen molar-refractivity contribution in [2.75, 3.05) is 0 Å². The minimum atomic E-state index is -1.16. The number of ether oxygens (including phenoxy) is 1. The van der Waals surface area contributed by atoms with Crippen LogP contribution in [0.15, 0.2) is 18.3 Å². The third-order valence-corrected chi connectivity index (χ3v) is 3.07. The summed E-state index contributed by atoms with van der Waals surface area (Å²) in [6.07, 6.45) is 1.90. The third kappa shape index (κ3) is 3.03. The topological polar surface area (TPSA) is 110 Å². The van der Waals surface area contributed by atoms with E-state index in [1.165, 1.54) is 12.3 Å². The summed E-state index contributed by atoms with van der Waals surface area (Å²) in [6.45, 7) is 3.14. The van der Waals surface area contributed by atoms with Crippen molar-refractivity contribution in [3.05, 3.63) is 46.4 Å². The molecule has 7 nitrogen and oxygen atoms in total. The molecular weight excluding hydrogens is 288 g/mol. The maximum atomic E-state index is 11.1. The normalized spacial score (nSPS) is 10.3. The number of pyridine rings is 2. The number of aldehydes is 1. The summed E-state index contributed by atoms with van der Waals surface area (Å²) < 4.78 is 5.40. The van der Waals surface area contributed by atoms with Crippen LogP contribution in [0.2, 0.25) is 0 Å². The number of hydrogen-bond donors (Lipinski definition) is 2. The molecule has 0 aliphatic rings. The molecule has 2 rings (SSSR count). The fourth-order valence-electron chi connectivity index (χ4n) is 1.85. The molecule has 0 radical (unpaired) electrons. The molecule has 0 unspecified atom stereocenters. The van der Waals surface area contributed by atoms with Crippen molar-refractivity contribution in [2.24, 2.45) is 0 Å². The highest BCUT2D eigenvalue weighted by molar-refractivity contribution is 5.90. The Balaban J connectivity index is 2.31. The summed E-state index contributed by atoms with van der Waals surface area (Å²) in [5, 5.41) is 18.9. The van der Waals surface area contributed by atoms with E-state index in [0.717, 1.165) is 0 Å². The number of carboxylic acids is 1. The van der Waals surface area contributed by atoms with Gasteiger partial charge in [0, 0.05) is 17.5 Å². The average molecular weight is 302 g/mol. The maximum absolute atomic E-state index is 11.1. The Morgan fingerprint density at radius 2 is 2.09 bits per heavy atom. The zero-order valence-corrected chi connectivity index (χ0v) is 12.0. The Labute approximate surface area is 126 Å². The maximum Gasteiger partial charge on any atom is 0.341 e. The molecule has 0 saturated heterocycles. The summed E-state index contributed by atoms with van der Waals surface area (Å²) in [6, 6.07) is 2.96. The molecule has 2 heterocycles. The first-order valence-corrected chi connectivity index (χ1v) is 6.40. The van der Waals surface area contributed by atoms with Crippen LogP contribution < -0.4 is 4.74 Å². The van der Waals surface area contributed by atoms with Gasteiger partial charge < -0.3 is 14.9 Å². The molecule has 0 aliphatic carbocycles. The smallest absolute Gasteiger partial charge is 0.341 e. The van der Waals surface area contributed by atoms with E-state index in [4.69, 9.17) is 9.84 Å². The predicted molar refractivity (Wildman–Crippen MR) is 76.3 cm³/mol. The molecular formula is C15H14N2O5. The Morgan fingerprint density at radius 1 is 1.36 bits per heavy atom. The molecule has 0 spiro atoms. The average Bonchev–Trinajstić information content (AvgIpc) is 2.48. The van der Waals surface area contributed by atoms with Crippen LogP contribution >= 0.6 is 0 Å². The van der Waals surface area contributed by atoms with Crippen molar-refractivity contribution < 1.29 is 24.5 Å². The number of carbonyl (C=O) groups is 2. The lowest BCUT2D eigenvalue weighted by molar-refractivity contribution is 0.0690. The summed E-state index contributed by atoms with van der Waals surface area (Å²) >= 11 is 0. The molecule has 0 saturated carbocycles. The largest absolute Gasteiger partial charge is 0.505 e. The van der Waals surface area contributed by atoms with Gasteiger partial charge in [0.05, 0.1) is 11.3 Å². The van der Waals surface area contributed by atoms with Crippen LogP contribution in [0, 0.1) is 13.8 Å². The zero-order valence-electron chi connectivity index (χ0n) is 12.0. The van der Waals surface area contributed by atoms with Crippen LogP contribution in [0.25, 0.3) is 0 Å². The highest BCUT2D eigenvalue weighted by atomic mass is 16.5. The number of carbonyl (C=O) groups excluding carboxylic acids is 1. The fraction of sp³-hybridized carbons (Fsp3) is 0.200. The van der Waals surface area contributed by atoms with E-state index in [1.807, 2.05) is 0 Å². The molecule has 0 fully saturated rings. The number of rotatable bonds is 5. The highest BCUT2D eigenvalue weighted by Crippen LogP contribution is 2.24. The second kappa shape index (κ2) is 6.21. The number of nitrogens with zero attached hydrogens (tertiary/aromatic N) is 2. The highest BCUT2D eigenvalue weighted by Gasteiger charge is 2.16. The molecule has 22 heavy (non-hydrogen) atoms. The van der Waals surface area contributed by atoms with E-state index in [1.54, 1.807) is 19.9 Å². The molecule has 0 aliphatic heterocycles. The molecule has 0 aromatic carbocycles. The van der Waals surface area contributed by atoms with E-state index in [9.17, 15) is 14.7 Å². The molecule has 0 atom stereocenters. The van der Waals surface area contributed by atoms with Gasteiger partial charge in [-0.2, -0.15) is 0 Å².